The van der Waals surface area contributed by atoms with Crippen molar-refractivity contribution in [1.29, 1.82) is 0 Å². The third-order valence-corrected chi connectivity index (χ3v) is 1.17. The van der Waals surface area contributed by atoms with Gasteiger partial charge in [-0.25, -0.2) is 4.79 Å². The van der Waals surface area contributed by atoms with Crippen LogP contribution >= 0.6 is 0 Å². The molecule has 74 valence electrons. The van der Waals surface area contributed by atoms with Crippen LogP contribution in [0.2, 0.25) is 0 Å². The first-order chi connectivity index (χ1) is 5.81. The molecule has 0 saturated heterocycles. The summed E-state index contributed by atoms with van der Waals surface area (Å²) in [6.07, 6.45) is 2.53. The van der Waals surface area contributed by atoms with E-state index >= 15 is 0 Å². The molecule has 0 unspecified atom stereocenters. The Bertz CT molecular complexity index is 99.1. The summed E-state index contributed by atoms with van der Waals surface area (Å²) in [5.74, 6) is -0.794. The maximum absolute atomic E-state index is 11.0. The molecule has 0 amide bonds. The third kappa shape index (κ3) is 12.1. The molecule has 0 spiro atoms. The van der Waals surface area contributed by atoms with Crippen molar-refractivity contribution in [3.63, 3.8) is 0 Å². The second-order valence-corrected chi connectivity index (χ2v) is 2.05. The molecule has 0 fully saturated rings. The predicted molar refractivity (Wildman–Crippen MR) is 46.1 cm³/mol. The SMILES string of the molecule is CC.NCCCCCC(=O)OF. The molecular weight excluding hydrogens is 161 g/mol. The number of unbranched alkanes of at least 4 members (excludes halogenated alkanes) is 2. The van der Waals surface area contributed by atoms with E-state index in [1.807, 2.05) is 13.8 Å². The van der Waals surface area contributed by atoms with Gasteiger partial charge in [0.2, 0.25) is 0 Å². The molecule has 4 heteroatoms. The lowest BCUT2D eigenvalue weighted by Gasteiger charge is -1.94. The second-order valence-electron chi connectivity index (χ2n) is 2.05. The fourth-order valence-electron chi connectivity index (χ4n) is 0.629. The van der Waals surface area contributed by atoms with E-state index < -0.39 is 5.97 Å². The fraction of sp³-hybridized carbons (Fsp3) is 0.875. The first kappa shape index (κ1) is 13.9. The van der Waals surface area contributed by atoms with Gasteiger partial charge in [0.25, 0.3) is 0 Å². The molecule has 0 aliphatic heterocycles. The average molecular weight is 179 g/mol. The molecule has 0 heterocycles. The zero-order valence-corrected chi connectivity index (χ0v) is 7.81. The van der Waals surface area contributed by atoms with Crippen molar-refractivity contribution in [3.8, 4) is 0 Å². The van der Waals surface area contributed by atoms with Crippen LogP contribution < -0.4 is 5.73 Å². The van der Waals surface area contributed by atoms with Gasteiger partial charge in [-0.15, -0.1) is 0 Å². The quantitative estimate of drug-likeness (QED) is 0.656. The Morgan fingerprint density at radius 3 is 2.33 bits per heavy atom. The number of rotatable bonds is 5. The summed E-state index contributed by atoms with van der Waals surface area (Å²) in [5.41, 5.74) is 5.19. The monoisotopic (exact) mass is 179 g/mol. The van der Waals surface area contributed by atoms with Crippen molar-refractivity contribution in [2.24, 2.45) is 5.73 Å². The fourth-order valence-corrected chi connectivity index (χ4v) is 0.629. The minimum absolute atomic E-state index is 0.149. The molecule has 0 radical (unpaired) electrons. The standard InChI is InChI=1S/C6H12FNO2.C2H6/c7-10-6(9)4-2-1-3-5-8;1-2/h1-5,8H2;1-2H3. The second kappa shape index (κ2) is 13.0. The van der Waals surface area contributed by atoms with Gasteiger partial charge in [-0.1, -0.05) is 20.3 Å². The highest BCUT2D eigenvalue weighted by Crippen LogP contribution is 1.99. The smallest absolute Gasteiger partial charge is 0.330 e. The summed E-state index contributed by atoms with van der Waals surface area (Å²) in [4.78, 5) is 13.1. The molecule has 3 nitrogen and oxygen atoms in total. The number of hydrogen-bond acceptors (Lipinski definition) is 3. The molecule has 0 aromatic carbocycles. The van der Waals surface area contributed by atoms with E-state index in [2.05, 4.69) is 4.94 Å². The maximum Gasteiger partial charge on any atom is 0.348 e. The van der Waals surface area contributed by atoms with Crippen molar-refractivity contribution < 1.29 is 14.3 Å². The van der Waals surface area contributed by atoms with Crippen LogP contribution in [0.25, 0.3) is 0 Å². The molecule has 2 N–H and O–H groups in total. The number of carbonyl (C=O) groups is 1. The zero-order valence-electron chi connectivity index (χ0n) is 7.81. The lowest BCUT2D eigenvalue weighted by Crippen LogP contribution is -2.00. The van der Waals surface area contributed by atoms with Crippen molar-refractivity contribution in [2.45, 2.75) is 39.5 Å². The topological polar surface area (TPSA) is 52.3 Å². The summed E-state index contributed by atoms with van der Waals surface area (Å²) >= 11 is 0. The van der Waals surface area contributed by atoms with Gasteiger partial charge >= 0.3 is 5.97 Å². The first-order valence-corrected chi connectivity index (χ1v) is 4.32. The minimum Gasteiger partial charge on any atom is -0.330 e. The predicted octanol–water partition coefficient (Wildman–Crippen LogP) is 1.96. The molecule has 0 aliphatic rings. The number of halogens is 1. The van der Waals surface area contributed by atoms with Gasteiger partial charge in [-0.3, -0.25) is 4.94 Å². The van der Waals surface area contributed by atoms with E-state index in [1.165, 1.54) is 0 Å². The van der Waals surface area contributed by atoms with Crippen LogP contribution in [0.1, 0.15) is 39.5 Å². The van der Waals surface area contributed by atoms with E-state index in [9.17, 15) is 9.32 Å². The number of hydrogen-bond donors (Lipinski definition) is 1. The maximum atomic E-state index is 11.0. The summed E-state index contributed by atoms with van der Waals surface area (Å²) in [6.45, 7) is 4.62. The van der Waals surface area contributed by atoms with Crippen LogP contribution in [0.5, 0.6) is 0 Å². The lowest BCUT2D eigenvalue weighted by molar-refractivity contribution is -0.183. The highest BCUT2D eigenvalue weighted by atomic mass is 19.3. The summed E-state index contributed by atoms with van der Waals surface area (Å²) in [6, 6.07) is 0. The van der Waals surface area contributed by atoms with Gasteiger partial charge in [0.05, 0.1) is 0 Å². The Morgan fingerprint density at radius 2 is 1.92 bits per heavy atom. The molecule has 0 rings (SSSR count). The van der Waals surface area contributed by atoms with E-state index in [4.69, 9.17) is 5.73 Å². The molecule has 12 heavy (non-hydrogen) atoms. The van der Waals surface area contributed by atoms with Crippen molar-refractivity contribution in [3.05, 3.63) is 0 Å². The molecule has 0 atom stereocenters. The lowest BCUT2D eigenvalue weighted by atomic mass is 10.2. The summed E-state index contributed by atoms with van der Waals surface area (Å²) < 4.78 is 11.0. The zero-order chi connectivity index (χ0) is 9.82. The normalized spacial score (nSPS) is 8.33. The van der Waals surface area contributed by atoms with Crippen molar-refractivity contribution in [2.75, 3.05) is 6.54 Å². The van der Waals surface area contributed by atoms with Gasteiger partial charge in [0.1, 0.15) is 0 Å². The van der Waals surface area contributed by atoms with Crippen LogP contribution in [0.3, 0.4) is 0 Å². The van der Waals surface area contributed by atoms with Crippen molar-refractivity contribution in [1.82, 2.24) is 0 Å². The Balaban J connectivity index is 0. The van der Waals surface area contributed by atoms with Gasteiger partial charge in [-0.05, 0) is 19.4 Å². The van der Waals surface area contributed by atoms with E-state index in [0.717, 1.165) is 12.8 Å². The summed E-state index contributed by atoms with van der Waals surface area (Å²) in [7, 11) is 0. The highest BCUT2D eigenvalue weighted by Gasteiger charge is 2.00. The third-order valence-electron chi connectivity index (χ3n) is 1.17. The Hall–Kier alpha value is -0.640. The molecule has 0 aliphatic carbocycles. The first-order valence-electron chi connectivity index (χ1n) is 4.32. The average Bonchev–Trinajstić information content (AvgIpc) is 2.15. The van der Waals surface area contributed by atoms with Gasteiger partial charge in [0.15, 0.2) is 0 Å². The van der Waals surface area contributed by atoms with Crippen LogP contribution in [0.15, 0.2) is 0 Å². The molecule has 0 bridgehead atoms. The van der Waals surface area contributed by atoms with Gasteiger partial charge in [0, 0.05) is 10.9 Å². The van der Waals surface area contributed by atoms with E-state index in [0.29, 0.717) is 13.0 Å². The number of nitrogens with two attached hydrogens (primary N) is 1. The van der Waals surface area contributed by atoms with Crippen LogP contribution in [-0.4, -0.2) is 12.5 Å². The van der Waals surface area contributed by atoms with E-state index in [-0.39, 0.29) is 6.42 Å². The van der Waals surface area contributed by atoms with Crippen LogP contribution in [0.4, 0.5) is 4.53 Å². The Morgan fingerprint density at radius 1 is 1.33 bits per heavy atom. The van der Waals surface area contributed by atoms with Gasteiger partial charge < -0.3 is 5.73 Å². The Kier molecular flexibility index (Phi) is 15.1. The molecular formula is C8H18FNO2. The summed E-state index contributed by atoms with van der Waals surface area (Å²) in [5, 5.41) is 0. The number of carbonyl (C=O) groups excluding carboxylic acids is 1. The van der Waals surface area contributed by atoms with Crippen LogP contribution in [-0.2, 0) is 9.74 Å². The minimum atomic E-state index is -0.794. The highest BCUT2D eigenvalue weighted by molar-refractivity contribution is 5.68. The van der Waals surface area contributed by atoms with E-state index in [1.54, 1.807) is 0 Å². The van der Waals surface area contributed by atoms with Crippen LogP contribution in [0, 0.1) is 0 Å². The van der Waals surface area contributed by atoms with Crippen molar-refractivity contribution >= 4 is 5.97 Å². The Labute approximate surface area is 73.0 Å². The van der Waals surface area contributed by atoms with Gasteiger partial charge in [-0.2, -0.15) is 0 Å². The molecule has 0 aromatic rings. The molecule has 0 saturated carbocycles. The largest absolute Gasteiger partial charge is 0.348 e. The molecule has 0 aromatic heterocycles.